The van der Waals surface area contributed by atoms with Crippen LogP contribution in [0.15, 0.2) is 0 Å². The van der Waals surface area contributed by atoms with E-state index in [1.54, 1.807) is 0 Å². The maximum Gasteiger partial charge on any atom is 0.410 e. The highest BCUT2D eigenvalue weighted by Gasteiger charge is 2.33. The second-order valence-corrected chi connectivity index (χ2v) is 7.85. The third-order valence-electron chi connectivity index (χ3n) is 5.03. The standard InChI is InChI=1S/C18H35NO2/c1-7-18(11-9-15(3)10-12-18)13-14-19(8-2)16(20)21-17(4,5)6/h15H,7-14H2,1-6H3. The van der Waals surface area contributed by atoms with Gasteiger partial charge in [-0.15, -0.1) is 0 Å². The Morgan fingerprint density at radius 3 is 2.24 bits per heavy atom. The number of carbonyl (C=O) groups is 1. The summed E-state index contributed by atoms with van der Waals surface area (Å²) in [6.07, 6.45) is 7.49. The van der Waals surface area contributed by atoms with Crippen LogP contribution >= 0.6 is 0 Å². The summed E-state index contributed by atoms with van der Waals surface area (Å²) in [4.78, 5) is 14.1. The van der Waals surface area contributed by atoms with E-state index in [2.05, 4.69) is 13.8 Å². The van der Waals surface area contributed by atoms with Gasteiger partial charge in [0, 0.05) is 13.1 Å². The Labute approximate surface area is 131 Å². The van der Waals surface area contributed by atoms with Gasteiger partial charge in [-0.1, -0.05) is 33.1 Å². The highest BCUT2D eigenvalue weighted by molar-refractivity contribution is 5.68. The fraction of sp³-hybridized carbons (Fsp3) is 0.944. The summed E-state index contributed by atoms with van der Waals surface area (Å²) >= 11 is 0. The summed E-state index contributed by atoms with van der Waals surface area (Å²) < 4.78 is 5.50. The number of nitrogens with zero attached hydrogens (tertiary/aromatic N) is 1. The van der Waals surface area contributed by atoms with Crippen molar-refractivity contribution in [1.82, 2.24) is 4.90 Å². The summed E-state index contributed by atoms with van der Waals surface area (Å²) in [5, 5.41) is 0. The third-order valence-corrected chi connectivity index (χ3v) is 5.03. The molecule has 0 unspecified atom stereocenters. The Morgan fingerprint density at radius 1 is 1.24 bits per heavy atom. The van der Waals surface area contributed by atoms with Crippen molar-refractivity contribution >= 4 is 6.09 Å². The molecule has 1 rings (SSSR count). The second-order valence-electron chi connectivity index (χ2n) is 7.85. The number of hydrogen-bond acceptors (Lipinski definition) is 2. The molecule has 0 saturated heterocycles. The average Bonchev–Trinajstić information content (AvgIpc) is 2.40. The first kappa shape index (κ1) is 18.3. The second kappa shape index (κ2) is 7.51. The van der Waals surface area contributed by atoms with Crippen LogP contribution in [0.2, 0.25) is 0 Å². The maximum atomic E-state index is 12.2. The highest BCUT2D eigenvalue weighted by atomic mass is 16.6. The molecule has 1 fully saturated rings. The van der Waals surface area contributed by atoms with Gasteiger partial charge < -0.3 is 9.64 Å². The molecule has 1 amide bonds. The van der Waals surface area contributed by atoms with Crippen molar-refractivity contribution in [2.75, 3.05) is 13.1 Å². The van der Waals surface area contributed by atoms with Gasteiger partial charge in [-0.3, -0.25) is 0 Å². The molecule has 0 aromatic rings. The van der Waals surface area contributed by atoms with Crippen molar-refractivity contribution in [3.8, 4) is 0 Å². The number of ether oxygens (including phenoxy) is 1. The van der Waals surface area contributed by atoms with E-state index in [1.165, 1.54) is 32.1 Å². The van der Waals surface area contributed by atoms with Crippen LogP contribution in [0.4, 0.5) is 4.79 Å². The Hall–Kier alpha value is -0.730. The predicted octanol–water partition coefficient (Wildman–Crippen LogP) is 5.24. The molecule has 0 radical (unpaired) electrons. The van der Waals surface area contributed by atoms with Gasteiger partial charge in [0.15, 0.2) is 0 Å². The topological polar surface area (TPSA) is 29.5 Å². The zero-order valence-electron chi connectivity index (χ0n) is 15.0. The molecular formula is C18H35NO2. The molecule has 1 aliphatic rings. The SMILES string of the molecule is CCN(CCC1(CC)CCC(C)CC1)C(=O)OC(C)(C)C. The molecule has 0 atom stereocenters. The van der Waals surface area contributed by atoms with Crippen LogP contribution in [0.3, 0.4) is 0 Å². The van der Waals surface area contributed by atoms with Crippen LogP contribution in [-0.2, 0) is 4.74 Å². The van der Waals surface area contributed by atoms with Gasteiger partial charge in [0.25, 0.3) is 0 Å². The number of amides is 1. The molecule has 0 bridgehead atoms. The first-order valence-electron chi connectivity index (χ1n) is 8.69. The maximum absolute atomic E-state index is 12.2. The minimum atomic E-state index is -0.410. The van der Waals surface area contributed by atoms with Crippen LogP contribution in [0, 0.1) is 11.3 Å². The minimum Gasteiger partial charge on any atom is -0.444 e. The average molecular weight is 297 g/mol. The van der Waals surface area contributed by atoms with Crippen LogP contribution in [-0.4, -0.2) is 29.7 Å². The zero-order valence-corrected chi connectivity index (χ0v) is 15.0. The fourth-order valence-electron chi connectivity index (χ4n) is 3.23. The molecule has 21 heavy (non-hydrogen) atoms. The van der Waals surface area contributed by atoms with Gasteiger partial charge in [-0.2, -0.15) is 0 Å². The highest BCUT2D eigenvalue weighted by Crippen LogP contribution is 2.44. The number of hydrogen-bond donors (Lipinski definition) is 0. The van der Waals surface area contributed by atoms with Crippen molar-refractivity contribution < 1.29 is 9.53 Å². The molecular weight excluding hydrogens is 262 g/mol. The molecule has 3 heteroatoms. The Kier molecular flexibility index (Phi) is 6.55. The Bertz CT molecular complexity index is 325. The summed E-state index contributed by atoms with van der Waals surface area (Å²) in [5.74, 6) is 0.873. The molecule has 0 aromatic carbocycles. The van der Waals surface area contributed by atoms with E-state index >= 15 is 0 Å². The van der Waals surface area contributed by atoms with Crippen molar-refractivity contribution in [1.29, 1.82) is 0 Å². The molecule has 3 nitrogen and oxygen atoms in total. The number of carbonyl (C=O) groups excluding carboxylic acids is 1. The molecule has 0 spiro atoms. The van der Waals surface area contributed by atoms with Crippen LogP contribution in [0.5, 0.6) is 0 Å². The van der Waals surface area contributed by atoms with Crippen LogP contribution in [0.25, 0.3) is 0 Å². The van der Waals surface area contributed by atoms with Crippen molar-refractivity contribution in [2.45, 2.75) is 85.7 Å². The lowest BCUT2D eigenvalue weighted by Crippen LogP contribution is -2.39. The van der Waals surface area contributed by atoms with E-state index in [0.29, 0.717) is 5.41 Å². The largest absolute Gasteiger partial charge is 0.444 e. The molecule has 0 N–H and O–H groups in total. The van der Waals surface area contributed by atoms with Crippen LogP contribution in [0.1, 0.15) is 80.1 Å². The quantitative estimate of drug-likeness (QED) is 0.694. The summed E-state index contributed by atoms with van der Waals surface area (Å²) in [6.45, 7) is 14.0. The van der Waals surface area contributed by atoms with E-state index in [0.717, 1.165) is 25.4 Å². The van der Waals surface area contributed by atoms with E-state index in [1.807, 2.05) is 32.6 Å². The van der Waals surface area contributed by atoms with Gasteiger partial charge in [0.1, 0.15) is 5.60 Å². The van der Waals surface area contributed by atoms with E-state index in [4.69, 9.17) is 4.74 Å². The summed E-state index contributed by atoms with van der Waals surface area (Å²) in [6, 6.07) is 0. The molecule has 0 heterocycles. The fourth-order valence-corrected chi connectivity index (χ4v) is 3.23. The molecule has 0 aliphatic heterocycles. The lowest BCUT2D eigenvalue weighted by atomic mass is 9.67. The van der Waals surface area contributed by atoms with Crippen molar-refractivity contribution in [2.24, 2.45) is 11.3 Å². The third kappa shape index (κ3) is 5.88. The van der Waals surface area contributed by atoms with Gasteiger partial charge in [0.2, 0.25) is 0 Å². The van der Waals surface area contributed by atoms with Crippen molar-refractivity contribution in [3.63, 3.8) is 0 Å². The van der Waals surface area contributed by atoms with Crippen molar-refractivity contribution in [3.05, 3.63) is 0 Å². The summed E-state index contributed by atoms with van der Waals surface area (Å²) in [7, 11) is 0. The Morgan fingerprint density at radius 2 is 1.81 bits per heavy atom. The van der Waals surface area contributed by atoms with E-state index in [9.17, 15) is 4.79 Å². The smallest absolute Gasteiger partial charge is 0.410 e. The van der Waals surface area contributed by atoms with Crippen LogP contribution < -0.4 is 0 Å². The van der Waals surface area contributed by atoms with E-state index < -0.39 is 5.60 Å². The first-order valence-corrected chi connectivity index (χ1v) is 8.69. The van der Waals surface area contributed by atoms with Gasteiger partial charge in [-0.05, 0) is 58.3 Å². The zero-order chi connectivity index (χ0) is 16.1. The van der Waals surface area contributed by atoms with Gasteiger partial charge >= 0.3 is 6.09 Å². The lowest BCUT2D eigenvalue weighted by molar-refractivity contribution is 0.0212. The molecule has 1 saturated carbocycles. The minimum absolute atomic E-state index is 0.166. The lowest BCUT2D eigenvalue weighted by Gasteiger charge is -2.40. The molecule has 124 valence electrons. The predicted molar refractivity (Wildman–Crippen MR) is 88.5 cm³/mol. The van der Waals surface area contributed by atoms with E-state index in [-0.39, 0.29) is 6.09 Å². The van der Waals surface area contributed by atoms with Gasteiger partial charge in [0.05, 0.1) is 0 Å². The molecule has 1 aliphatic carbocycles. The Balaban J connectivity index is 2.55. The number of rotatable bonds is 5. The molecule has 0 aromatic heterocycles. The summed E-state index contributed by atoms with van der Waals surface area (Å²) in [5.41, 5.74) is 0.0369. The first-order chi connectivity index (χ1) is 9.71. The van der Waals surface area contributed by atoms with Gasteiger partial charge in [-0.25, -0.2) is 4.79 Å². The normalized spacial score (nSPS) is 26.5. The monoisotopic (exact) mass is 297 g/mol.